The number of nitrogens with zero attached hydrogens (tertiary/aromatic N) is 1. The Hall–Kier alpha value is -2.91. The number of hydrogen-bond donors (Lipinski definition) is 2. The standard InChI is InChI=1S/C28H29Cl3N2O6/c29-28(30,31)16-24-25(39-17-18-5-6-19-3-1-2-4-21(19)15-18)23(11-12-33(24)27(35)36)20-7-9-22(10-8-20)37-13-14-38-26(32)34/h1-10,15,23-25H,11-14,16-17H2,(H2,32,34)(H,35,36). The van der Waals surface area contributed by atoms with E-state index >= 15 is 0 Å². The molecule has 0 aliphatic carbocycles. The molecule has 3 atom stereocenters. The second-order valence-corrected chi connectivity index (χ2v) is 11.8. The maximum absolute atomic E-state index is 12.2. The number of halogens is 3. The lowest BCUT2D eigenvalue weighted by atomic mass is 9.81. The molecule has 1 fully saturated rings. The number of carbonyl (C=O) groups is 2. The predicted octanol–water partition coefficient (Wildman–Crippen LogP) is 6.50. The highest BCUT2D eigenvalue weighted by atomic mass is 35.6. The van der Waals surface area contributed by atoms with E-state index in [4.69, 9.17) is 50.0 Å². The summed E-state index contributed by atoms with van der Waals surface area (Å²) < 4.78 is 15.1. The lowest BCUT2D eigenvalue weighted by molar-refractivity contribution is -0.0587. The first-order valence-electron chi connectivity index (χ1n) is 12.4. The minimum Gasteiger partial charge on any atom is -0.490 e. The van der Waals surface area contributed by atoms with E-state index in [1.165, 1.54) is 4.90 Å². The number of likely N-dealkylation sites (tertiary alicyclic amines) is 1. The molecule has 2 amide bonds. The predicted molar refractivity (Wildman–Crippen MR) is 151 cm³/mol. The highest BCUT2D eigenvalue weighted by Gasteiger charge is 2.45. The van der Waals surface area contributed by atoms with Gasteiger partial charge in [-0.05, 0) is 46.5 Å². The molecule has 8 nitrogen and oxygen atoms in total. The molecule has 1 saturated heterocycles. The van der Waals surface area contributed by atoms with Gasteiger partial charge in [0.1, 0.15) is 19.0 Å². The van der Waals surface area contributed by atoms with Crippen LogP contribution in [0.25, 0.3) is 10.8 Å². The number of alkyl halides is 3. The Morgan fingerprint density at radius 3 is 2.38 bits per heavy atom. The van der Waals surface area contributed by atoms with Crippen molar-refractivity contribution in [2.75, 3.05) is 19.8 Å². The molecule has 3 aromatic carbocycles. The van der Waals surface area contributed by atoms with Gasteiger partial charge in [-0.25, -0.2) is 9.59 Å². The maximum atomic E-state index is 12.2. The van der Waals surface area contributed by atoms with Gasteiger partial charge in [0.05, 0.1) is 18.8 Å². The van der Waals surface area contributed by atoms with Gasteiger partial charge in [-0.1, -0.05) is 83.3 Å². The normalized spacial score (nSPS) is 19.6. The number of amides is 2. The number of nitrogens with two attached hydrogens (primary N) is 1. The smallest absolute Gasteiger partial charge is 0.407 e. The first kappa shape index (κ1) is 29.1. The Bertz CT molecular complexity index is 1280. The molecular weight excluding hydrogens is 567 g/mol. The van der Waals surface area contributed by atoms with Crippen LogP contribution in [0.4, 0.5) is 9.59 Å². The molecule has 0 saturated carbocycles. The van der Waals surface area contributed by atoms with E-state index in [9.17, 15) is 14.7 Å². The Morgan fingerprint density at radius 2 is 1.72 bits per heavy atom. The number of rotatable bonds is 9. The van der Waals surface area contributed by atoms with E-state index in [0.29, 0.717) is 12.2 Å². The quantitative estimate of drug-likeness (QED) is 0.216. The topological polar surface area (TPSA) is 111 Å². The van der Waals surface area contributed by atoms with Crippen LogP contribution < -0.4 is 10.5 Å². The SMILES string of the molecule is NC(=O)OCCOc1ccc(C2CCN(C(=O)O)C(CC(Cl)(Cl)Cl)C2OCc2ccc3ccccc3c2)cc1. The summed E-state index contributed by atoms with van der Waals surface area (Å²) in [4.78, 5) is 24.2. The van der Waals surface area contributed by atoms with E-state index in [-0.39, 0.29) is 38.7 Å². The highest BCUT2D eigenvalue weighted by molar-refractivity contribution is 6.67. The summed E-state index contributed by atoms with van der Waals surface area (Å²) in [5, 5.41) is 12.1. The second-order valence-electron chi connectivity index (χ2n) is 9.30. The fourth-order valence-corrected chi connectivity index (χ4v) is 5.45. The van der Waals surface area contributed by atoms with E-state index < -0.39 is 28.1 Å². The monoisotopic (exact) mass is 594 g/mol. The Labute approximate surface area is 241 Å². The van der Waals surface area contributed by atoms with Gasteiger partial charge in [-0.3, -0.25) is 0 Å². The van der Waals surface area contributed by atoms with Crippen molar-refractivity contribution >= 4 is 57.8 Å². The van der Waals surface area contributed by atoms with E-state index in [2.05, 4.69) is 10.8 Å². The number of benzene rings is 3. The number of primary amides is 1. The number of ether oxygens (including phenoxy) is 3. The van der Waals surface area contributed by atoms with Crippen LogP contribution in [-0.4, -0.2) is 57.9 Å². The first-order chi connectivity index (χ1) is 18.6. The molecule has 0 radical (unpaired) electrons. The van der Waals surface area contributed by atoms with Crippen LogP contribution in [0.2, 0.25) is 0 Å². The zero-order valence-electron chi connectivity index (χ0n) is 21.0. The van der Waals surface area contributed by atoms with Crippen molar-refractivity contribution < 1.29 is 28.9 Å². The molecule has 0 spiro atoms. The Balaban J connectivity index is 1.57. The van der Waals surface area contributed by atoms with Crippen LogP contribution in [0.5, 0.6) is 5.75 Å². The molecule has 0 aromatic heterocycles. The summed E-state index contributed by atoms with van der Waals surface area (Å²) >= 11 is 18.5. The zero-order valence-corrected chi connectivity index (χ0v) is 23.2. The number of fused-ring (bicyclic) bond motifs is 1. The summed E-state index contributed by atoms with van der Waals surface area (Å²) in [6.45, 7) is 0.719. The third-order valence-electron chi connectivity index (χ3n) is 6.70. The lowest BCUT2D eigenvalue weighted by Crippen LogP contribution is -2.55. The van der Waals surface area contributed by atoms with Gasteiger partial charge in [0.2, 0.25) is 0 Å². The van der Waals surface area contributed by atoms with E-state index in [0.717, 1.165) is 21.9 Å². The molecule has 208 valence electrons. The summed E-state index contributed by atoms with van der Waals surface area (Å²) in [6, 6.07) is 20.8. The third kappa shape index (κ3) is 8.05. The van der Waals surface area contributed by atoms with Crippen molar-refractivity contribution in [3.05, 3.63) is 77.9 Å². The zero-order chi connectivity index (χ0) is 28.0. The molecule has 1 heterocycles. The van der Waals surface area contributed by atoms with Gasteiger partial charge in [-0.2, -0.15) is 0 Å². The first-order valence-corrected chi connectivity index (χ1v) is 13.5. The van der Waals surface area contributed by atoms with Gasteiger partial charge >= 0.3 is 12.2 Å². The molecule has 3 unspecified atom stereocenters. The van der Waals surface area contributed by atoms with E-state index in [1.54, 1.807) is 12.1 Å². The molecule has 4 rings (SSSR count). The fourth-order valence-electron chi connectivity index (χ4n) is 4.97. The molecule has 1 aliphatic heterocycles. The molecule has 11 heteroatoms. The third-order valence-corrected chi connectivity index (χ3v) is 7.17. The van der Waals surface area contributed by atoms with Crippen LogP contribution in [0.15, 0.2) is 66.7 Å². The van der Waals surface area contributed by atoms with Crippen molar-refractivity contribution in [1.29, 1.82) is 0 Å². The van der Waals surface area contributed by atoms with Crippen molar-refractivity contribution in [2.24, 2.45) is 5.73 Å². The van der Waals surface area contributed by atoms with Gasteiger partial charge in [0.25, 0.3) is 0 Å². The molecule has 3 aromatic rings. The van der Waals surface area contributed by atoms with Crippen LogP contribution in [0.3, 0.4) is 0 Å². The van der Waals surface area contributed by atoms with Crippen LogP contribution >= 0.6 is 34.8 Å². The van der Waals surface area contributed by atoms with E-state index in [1.807, 2.05) is 48.5 Å². The number of hydrogen-bond acceptors (Lipinski definition) is 5. The number of carboxylic acid groups (broad SMARTS) is 1. The molecule has 0 bridgehead atoms. The van der Waals surface area contributed by atoms with Crippen LogP contribution in [-0.2, 0) is 16.1 Å². The lowest BCUT2D eigenvalue weighted by Gasteiger charge is -2.45. The molecule has 3 N–H and O–H groups in total. The Kier molecular flexibility index (Phi) is 9.67. The van der Waals surface area contributed by atoms with Gasteiger partial charge in [0, 0.05) is 18.9 Å². The molecule has 39 heavy (non-hydrogen) atoms. The van der Waals surface area contributed by atoms with Gasteiger partial charge in [-0.15, -0.1) is 0 Å². The fraction of sp³-hybridized carbons (Fsp3) is 0.357. The Morgan fingerprint density at radius 1 is 1.00 bits per heavy atom. The van der Waals surface area contributed by atoms with Crippen molar-refractivity contribution in [2.45, 2.75) is 41.3 Å². The second kappa shape index (κ2) is 13.0. The summed E-state index contributed by atoms with van der Waals surface area (Å²) in [5.74, 6) is 0.423. The largest absolute Gasteiger partial charge is 0.490 e. The molecule has 1 aliphatic rings. The van der Waals surface area contributed by atoms with Crippen molar-refractivity contribution in [3.8, 4) is 5.75 Å². The van der Waals surface area contributed by atoms with Gasteiger partial charge < -0.3 is 30.0 Å². The summed E-state index contributed by atoms with van der Waals surface area (Å²) in [5.41, 5.74) is 6.85. The van der Waals surface area contributed by atoms with Crippen molar-refractivity contribution in [1.82, 2.24) is 4.90 Å². The maximum Gasteiger partial charge on any atom is 0.407 e. The average Bonchev–Trinajstić information content (AvgIpc) is 2.89. The summed E-state index contributed by atoms with van der Waals surface area (Å²) in [6.07, 6.45) is -2.02. The minimum atomic E-state index is -1.67. The summed E-state index contributed by atoms with van der Waals surface area (Å²) in [7, 11) is 0. The number of carbonyl (C=O) groups excluding carboxylic acids is 1. The van der Waals surface area contributed by atoms with Crippen LogP contribution in [0, 0.1) is 0 Å². The minimum absolute atomic E-state index is 0.0239. The number of piperidine rings is 1. The average molecular weight is 596 g/mol. The van der Waals surface area contributed by atoms with Gasteiger partial charge in [0.15, 0.2) is 3.79 Å². The molecular formula is C28H29Cl3N2O6. The van der Waals surface area contributed by atoms with Crippen LogP contribution in [0.1, 0.15) is 29.9 Å². The highest BCUT2D eigenvalue weighted by Crippen LogP contribution is 2.42. The van der Waals surface area contributed by atoms with Crippen molar-refractivity contribution in [3.63, 3.8) is 0 Å².